The van der Waals surface area contributed by atoms with E-state index in [4.69, 9.17) is 9.15 Å². The Bertz CT molecular complexity index is 684. The topological polar surface area (TPSA) is 88.9 Å². The number of hydrogen-bond donors (Lipinski definition) is 1. The summed E-state index contributed by atoms with van der Waals surface area (Å²) in [6.45, 7) is 3.93. The van der Waals surface area contributed by atoms with Crippen LogP contribution in [-0.2, 0) is 14.8 Å². The third-order valence-corrected chi connectivity index (χ3v) is 5.27. The van der Waals surface area contributed by atoms with Gasteiger partial charge in [-0.15, -0.1) is 0 Å². The van der Waals surface area contributed by atoms with E-state index in [0.717, 1.165) is 18.4 Å². The van der Waals surface area contributed by atoms with Crippen LogP contribution in [0.5, 0.6) is 0 Å². The Hall–Kier alpha value is -1.38. The monoisotopic (exact) mass is 342 g/mol. The summed E-state index contributed by atoms with van der Waals surface area (Å²) < 4.78 is 36.1. The van der Waals surface area contributed by atoms with Gasteiger partial charge in [0, 0.05) is 25.6 Å². The predicted octanol–water partition coefficient (Wildman–Crippen LogP) is 0.614. The maximum Gasteiger partial charge on any atom is 0.289 e. The van der Waals surface area contributed by atoms with E-state index in [-0.39, 0.29) is 23.8 Å². The second-order valence-electron chi connectivity index (χ2n) is 6.37. The molecule has 0 aromatic carbocycles. The van der Waals surface area contributed by atoms with E-state index in [2.05, 4.69) is 4.72 Å². The molecule has 0 radical (unpaired) electrons. The number of carbonyl (C=O) groups is 1. The third kappa shape index (κ3) is 3.76. The summed E-state index contributed by atoms with van der Waals surface area (Å²) in [7, 11) is -3.21. The number of hydrogen-bond acceptors (Lipinski definition) is 5. The van der Waals surface area contributed by atoms with Crippen LogP contribution >= 0.6 is 0 Å². The molecule has 2 aliphatic rings. The smallest absolute Gasteiger partial charge is 0.289 e. The molecule has 1 aromatic rings. The quantitative estimate of drug-likeness (QED) is 0.866. The van der Waals surface area contributed by atoms with Crippen LogP contribution in [0.4, 0.5) is 0 Å². The standard InChI is InChI=1S/C15H22N2O5S/c1-10-3-4-13(22-10)15(18)17-6-5-12-11(8-17)9-21-14(12)7-16-23(2,19)20/h3-4,11-12,14,16H,5-9H2,1-2H3/t11-,12-,14+/m1/s1. The van der Waals surface area contributed by atoms with Crippen molar-refractivity contribution in [2.75, 3.05) is 32.5 Å². The molecule has 2 aliphatic heterocycles. The van der Waals surface area contributed by atoms with Gasteiger partial charge in [0.25, 0.3) is 5.91 Å². The molecule has 2 fully saturated rings. The molecule has 1 amide bonds. The summed E-state index contributed by atoms with van der Waals surface area (Å²) in [5.74, 6) is 1.53. The molecule has 128 valence electrons. The number of sulfonamides is 1. The molecule has 0 bridgehead atoms. The van der Waals surface area contributed by atoms with Crippen molar-refractivity contribution in [3.05, 3.63) is 23.7 Å². The number of fused-ring (bicyclic) bond motifs is 1. The van der Waals surface area contributed by atoms with E-state index in [0.29, 0.717) is 32.0 Å². The van der Waals surface area contributed by atoms with Gasteiger partial charge in [-0.25, -0.2) is 13.1 Å². The van der Waals surface area contributed by atoms with Gasteiger partial charge in [-0.2, -0.15) is 0 Å². The lowest BCUT2D eigenvalue weighted by atomic mass is 9.84. The fraction of sp³-hybridized carbons (Fsp3) is 0.667. The van der Waals surface area contributed by atoms with Crippen molar-refractivity contribution < 1.29 is 22.4 Å². The first-order valence-electron chi connectivity index (χ1n) is 7.75. The molecule has 23 heavy (non-hydrogen) atoms. The van der Waals surface area contributed by atoms with E-state index in [9.17, 15) is 13.2 Å². The Balaban J connectivity index is 1.59. The summed E-state index contributed by atoms with van der Waals surface area (Å²) in [6.07, 6.45) is 1.84. The van der Waals surface area contributed by atoms with Crippen LogP contribution in [0, 0.1) is 18.8 Å². The number of nitrogens with zero attached hydrogens (tertiary/aromatic N) is 1. The average Bonchev–Trinajstić information content (AvgIpc) is 3.09. The minimum absolute atomic E-state index is 0.0886. The first-order valence-corrected chi connectivity index (χ1v) is 9.64. The highest BCUT2D eigenvalue weighted by molar-refractivity contribution is 7.88. The van der Waals surface area contributed by atoms with Gasteiger partial charge in [-0.1, -0.05) is 0 Å². The lowest BCUT2D eigenvalue weighted by Gasteiger charge is -2.35. The predicted molar refractivity (Wildman–Crippen MR) is 83.5 cm³/mol. The maximum atomic E-state index is 12.4. The van der Waals surface area contributed by atoms with Gasteiger partial charge < -0.3 is 14.1 Å². The summed E-state index contributed by atoms with van der Waals surface area (Å²) in [5.41, 5.74) is 0. The highest BCUT2D eigenvalue weighted by Gasteiger charge is 2.42. The van der Waals surface area contributed by atoms with Gasteiger partial charge in [0.15, 0.2) is 5.76 Å². The van der Waals surface area contributed by atoms with Gasteiger partial charge in [-0.3, -0.25) is 4.79 Å². The number of nitrogens with one attached hydrogen (secondary N) is 1. The molecule has 0 aliphatic carbocycles. The number of ether oxygens (including phenoxy) is 1. The molecule has 1 aromatic heterocycles. The maximum absolute atomic E-state index is 12.4. The minimum atomic E-state index is -3.21. The zero-order chi connectivity index (χ0) is 16.6. The minimum Gasteiger partial charge on any atom is -0.456 e. The van der Waals surface area contributed by atoms with Gasteiger partial charge >= 0.3 is 0 Å². The Morgan fingerprint density at radius 2 is 2.22 bits per heavy atom. The number of piperidine rings is 1. The van der Waals surface area contributed by atoms with Crippen LogP contribution in [0.1, 0.15) is 22.7 Å². The van der Waals surface area contributed by atoms with Crippen molar-refractivity contribution in [1.29, 1.82) is 0 Å². The van der Waals surface area contributed by atoms with Crippen LogP contribution in [0.2, 0.25) is 0 Å². The van der Waals surface area contributed by atoms with Crippen LogP contribution in [0.25, 0.3) is 0 Å². The summed E-state index contributed by atoms with van der Waals surface area (Å²) in [6, 6.07) is 3.49. The average molecular weight is 342 g/mol. The Morgan fingerprint density at radius 1 is 1.43 bits per heavy atom. The fourth-order valence-electron chi connectivity index (χ4n) is 3.42. The third-order valence-electron chi connectivity index (χ3n) is 4.58. The van der Waals surface area contributed by atoms with E-state index >= 15 is 0 Å². The van der Waals surface area contributed by atoms with Crippen molar-refractivity contribution in [2.24, 2.45) is 11.8 Å². The molecular weight excluding hydrogens is 320 g/mol. The normalized spacial score (nSPS) is 27.9. The molecule has 0 spiro atoms. The van der Waals surface area contributed by atoms with E-state index in [1.54, 1.807) is 17.0 Å². The van der Waals surface area contributed by atoms with Gasteiger partial charge in [-0.05, 0) is 31.4 Å². The lowest BCUT2D eigenvalue weighted by Crippen LogP contribution is -2.46. The Kier molecular flexibility index (Phi) is 4.48. The van der Waals surface area contributed by atoms with Crippen molar-refractivity contribution in [2.45, 2.75) is 19.4 Å². The van der Waals surface area contributed by atoms with Gasteiger partial charge in [0.05, 0.1) is 19.0 Å². The van der Waals surface area contributed by atoms with E-state index < -0.39 is 10.0 Å². The summed E-state index contributed by atoms with van der Waals surface area (Å²) >= 11 is 0. The highest BCUT2D eigenvalue weighted by Crippen LogP contribution is 2.34. The zero-order valence-electron chi connectivity index (χ0n) is 13.3. The van der Waals surface area contributed by atoms with Crippen molar-refractivity contribution in [1.82, 2.24) is 9.62 Å². The van der Waals surface area contributed by atoms with Crippen LogP contribution < -0.4 is 4.72 Å². The van der Waals surface area contributed by atoms with Crippen molar-refractivity contribution in [3.63, 3.8) is 0 Å². The Morgan fingerprint density at radius 3 is 2.87 bits per heavy atom. The first kappa shape index (κ1) is 16.5. The largest absolute Gasteiger partial charge is 0.456 e. The number of furan rings is 1. The van der Waals surface area contributed by atoms with Crippen LogP contribution in [0.3, 0.4) is 0 Å². The lowest BCUT2D eigenvalue weighted by molar-refractivity contribution is 0.0585. The number of amides is 1. The number of rotatable bonds is 4. The SMILES string of the molecule is Cc1ccc(C(=O)N2CC[C@@H]3[C@@H](CO[C@H]3CNS(C)(=O)=O)C2)o1. The molecule has 3 atom stereocenters. The van der Waals surface area contributed by atoms with Crippen molar-refractivity contribution in [3.8, 4) is 0 Å². The van der Waals surface area contributed by atoms with Crippen LogP contribution in [0.15, 0.2) is 16.5 Å². The molecule has 3 heterocycles. The van der Waals surface area contributed by atoms with Crippen LogP contribution in [-0.4, -0.2) is 57.8 Å². The van der Waals surface area contributed by atoms with Gasteiger partial charge in [0.1, 0.15) is 5.76 Å². The molecule has 0 unspecified atom stereocenters. The molecular formula is C15H22N2O5S. The molecule has 7 nitrogen and oxygen atoms in total. The second kappa shape index (κ2) is 6.26. The molecule has 2 saturated heterocycles. The molecule has 3 rings (SSSR count). The number of likely N-dealkylation sites (tertiary alicyclic amines) is 1. The second-order valence-corrected chi connectivity index (χ2v) is 8.20. The Labute approximate surface area is 136 Å². The summed E-state index contributed by atoms with van der Waals surface area (Å²) in [5, 5.41) is 0. The molecule has 0 saturated carbocycles. The zero-order valence-corrected chi connectivity index (χ0v) is 14.1. The van der Waals surface area contributed by atoms with E-state index in [1.165, 1.54) is 0 Å². The summed E-state index contributed by atoms with van der Waals surface area (Å²) in [4.78, 5) is 14.2. The van der Waals surface area contributed by atoms with Crippen molar-refractivity contribution >= 4 is 15.9 Å². The number of aryl methyl sites for hydroxylation is 1. The first-order chi connectivity index (χ1) is 10.8. The highest BCUT2D eigenvalue weighted by atomic mass is 32.2. The van der Waals surface area contributed by atoms with Gasteiger partial charge in [0.2, 0.25) is 10.0 Å². The number of carbonyl (C=O) groups excluding carboxylic acids is 1. The fourth-order valence-corrected chi connectivity index (χ4v) is 3.89. The molecule has 1 N–H and O–H groups in total. The van der Waals surface area contributed by atoms with E-state index in [1.807, 2.05) is 6.92 Å². The molecule has 8 heteroatoms.